The number of thiophene rings is 1. The van der Waals surface area contributed by atoms with Crippen molar-refractivity contribution in [2.75, 3.05) is 26.2 Å². The molecule has 0 aliphatic carbocycles. The number of aromatic nitrogens is 2. The average Bonchev–Trinajstić information content (AvgIpc) is 3.47. The highest BCUT2D eigenvalue weighted by molar-refractivity contribution is 7.20. The van der Waals surface area contributed by atoms with E-state index in [1.165, 1.54) is 11.3 Å². The number of aryl methyl sites for hydroxylation is 2. The van der Waals surface area contributed by atoms with E-state index in [1.54, 1.807) is 12.3 Å². The topological polar surface area (TPSA) is 79.5 Å². The van der Waals surface area contributed by atoms with Gasteiger partial charge in [-0.25, -0.2) is 9.97 Å². The van der Waals surface area contributed by atoms with E-state index in [9.17, 15) is 9.59 Å². The first-order valence-electron chi connectivity index (χ1n) is 10.5. The highest BCUT2D eigenvalue weighted by Gasteiger charge is 2.28. The van der Waals surface area contributed by atoms with E-state index >= 15 is 0 Å². The summed E-state index contributed by atoms with van der Waals surface area (Å²) in [5, 5.41) is 0.923. The zero-order valence-electron chi connectivity index (χ0n) is 17.9. The molecule has 3 aromatic heterocycles. The van der Waals surface area contributed by atoms with Crippen molar-refractivity contribution >= 4 is 33.4 Å². The van der Waals surface area contributed by atoms with Crippen molar-refractivity contribution in [3.05, 3.63) is 70.4 Å². The Morgan fingerprint density at radius 1 is 0.906 bits per heavy atom. The number of furan rings is 1. The standard InChI is InChI=1S/C24H22N4O3S/c1-15-19-16(2)25-21(18-9-6-14-31-18)26-22(19)32-20(15)24(30)28-12-10-27(11-13-28)23(29)17-7-4-3-5-8-17/h3-9,14H,10-13H2,1-2H3. The van der Waals surface area contributed by atoms with E-state index in [-0.39, 0.29) is 11.8 Å². The van der Waals surface area contributed by atoms with Crippen LogP contribution in [-0.2, 0) is 0 Å². The lowest BCUT2D eigenvalue weighted by atomic mass is 10.1. The molecule has 1 fully saturated rings. The molecule has 162 valence electrons. The lowest BCUT2D eigenvalue weighted by molar-refractivity contribution is 0.0538. The minimum Gasteiger partial charge on any atom is -0.461 e. The van der Waals surface area contributed by atoms with E-state index in [1.807, 2.05) is 60.0 Å². The summed E-state index contributed by atoms with van der Waals surface area (Å²) in [6.45, 7) is 5.93. The van der Waals surface area contributed by atoms with Crippen molar-refractivity contribution in [3.63, 3.8) is 0 Å². The summed E-state index contributed by atoms with van der Waals surface area (Å²) < 4.78 is 5.44. The number of hydrogen-bond donors (Lipinski definition) is 0. The molecule has 1 aliphatic heterocycles. The Bertz CT molecular complexity index is 1290. The summed E-state index contributed by atoms with van der Waals surface area (Å²) in [5.41, 5.74) is 2.41. The maximum atomic E-state index is 13.3. The molecule has 0 saturated carbocycles. The van der Waals surface area contributed by atoms with Gasteiger partial charge in [-0.15, -0.1) is 11.3 Å². The van der Waals surface area contributed by atoms with Gasteiger partial charge >= 0.3 is 0 Å². The summed E-state index contributed by atoms with van der Waals surface area (Å²) >= 11 is 1.39. The molecule has 1 aromatic carbocycles. The van der Waals surface area contributed by atoms with Crippen molar-refractivity contribution in [1.82, 2.24) is 19.8 Å². The van der Waals surface area contributed by atoms with Crippen LogP contribution in [0.15, 0.2) is 53.1 Å². The van der Waals surface area contributed by atoms with Crippen LogP contribution in [0.4, 0.5) is 0 Å². The SMILES string of the molecule is Cc1nc(-c2ccco2)nc2sc(C(=O)N3CCN(C(=O)c4ccccc4)CC3)c(C)c12. The monoisotopic (exact) mass is 446 g/mol. The Morgan fingerprint density at radius 3 is 2.25 bits per heavy atom. The zero-order chi connectivity index (χ0) is 22.2. The van der Waals surface area contributed by atoms with Crippen LogP contribution >= 0.6 is 11.3 Å². The van der Waals surface area contributed by atoms with Crippen LogP contribution in [0.1, 0.15) is 31.3 Å². The molecule has 0 unspecified atom stereocenters. The summed E-state index contributed by atoms with van der Waals surface area (Å²) in [6, 6.07) is 12.9. The van der Waals surface area contributed by atoms with Gasteiger partial charge in [0.15, 0.2) is 11.6 Å². The molecule has 0 N–H and O–H groups in total. The maximum Gasteiger partial charge on any atom is 0.264 e. The molecular weight excluding hydrogens is 424 g/mol. The second-order valence-corrected chi connectivity index (χ2v) is 8.80. The lowest BCUT2D eigenvalue weighted by Gasteiger charge is -2.34. The van der Waals surface area contributed by atoms with Crippen LogP contribution in [0.3, 0.4) is 0 Å². The number of piperazine rings is 1. The van der Waals surface area contributed by atoms with Crippen LogP contribution in [0, 0.1) is 13.8 Å². The summed E-state index contributed by atoms with van der Waals surface area (Å²) in [7, 11) is 0. The fraction of sp³-hybridized carbons (Fsp3) is 0.250. The summed E-state index contributed by atoms with van der Waals surface area (Å²) in [6.07, 6.45) is 1.59. The Hall–Kier alpha value is -3.52. The number of rotatable bonds is 3. The molecule has 4 aromatic rings. The third-order valence-corrected chi connectivity index (χ3v) is 6.96. The zero-order valence-corrected chi connectivity index (χ0v) is 18.7. The predicted molar refractivity (Wildman–Crippen MR) is 123 cm³/mol. The molecule has 5 rings (SSSR count). The van der Waals surface area contributed by atoms with E-state index < -0.39 is 0 Å². The summed E-state index contributed by atoms with van der Waals surface area (Å²) in [5.74, 6) is 1.12. The highest BCUT2D eigenvalue weighted by atomic mass is 32.1. The number of benzene rings is 1. The minimum atomic E-state index is -0.0174. The minimum absolute atomic E-state index is 0.00657. The normalized spacial score (nSPS) is 14.2. The van der Waals surface area contributed by atoms with Gasteiger partial charge in [0.05, 0.1) is 16.8 Å². The largest absolute Gasteiger partial charge is 0.461 e. The number of carbonyl (C=O) groups is 2. The van der Waals surface area contributed by atoms with Gasteiger partial charge in [0.1, 0.15) is 4.83 Å². The van der Waals surface area contributed by atoms with Gasteiger partial charge in [0.2, 0.25) is 0 Å². The van der Waals surface area contributed by atoms with Gasteiger partial charge in [0.25, 0.3) is 11.8 Å². The van der Waals surface area contributed by atoms with Gasteiger partial charge in [-0.1, -0.05) is 18.2 Å². The predicted octanol–water partition coefficient (Wildman–Crippen LogP) is 4.17. The Labute approximate surface area is 189 Å². The Morgan fingerprint density at radius 2 is 1.59 bits per heavy atom. The third kappa shape index (κ3) is 3.56. The molecule has 0 atom stereocenters. The van der Waals surface area contributed by atoms with Crippen LogP contribution in [-0.4, -0.2) is 57.8 Å². The van der Waals surface area contributed by atoms with Gasteiger partial charge in [-0.05, 0) is 43.7 Å². The molecule has 0 bridgehead atoms. The van der Waals surface area contributed by atoms with Crippen molar-refractivity contribution in [1.29, 1.82) is 0 Å². The van der Waals surface area contributed by atoms with Gasteiger partial charge < -0.3 is 14.2 Å². The first-order valence-corrected chi connectivity index (χ1v) is 11.3. The van der Waals surface area contributed by atoms with Gasteiger partial charge in [-0.2, -0.15) is 0 Å². The molecule has 1 saturated heterocycles. The smallest absolute Gasteiger partial charge is 0.264 e. The van der Waals surface area contributed by atoms with Crippen LogP contribution < -0.4 is 0 Å². The molecular formula is C24H22N4O3S. The quantitative estimate of drug-likeness (QED) is 0.472. The van der Waals surface area contributed by atoms with Crippen molar-refractivity contribution < 1.29 is 14.0 Å². The second kappa shape index (κ2) is 8.20. The fourth-order valence-corrected chi connectivity index (χ4v) is 5.28. The van der Waals surface area contributed by atoms with E-state index in [0.29, 0.717) is 48.2 Å². The van der Waals surface area contributed by atoms with Gasteiger partial charge in [0, 0.05) is 37.1 Å². The fourth-order valence-electron chi connectivity index (χ4n) is 4.08. The highest BCUT2D eigenvalue weighted by Crippen LogP contribution is 2.34. The van der Waals surface area contributed by atoms with Crippen LogP contribution in [0.25, 0.3) is 21.8 Å². The second-order valence-electron chi connectivity index (χ2n) is 7.80. The summed E-state index contributed by atoms with van der Waals surface area (Å²) in [4.78, 5) is 40.3. The van der Waals surface area contributed by atoms with Gasteiger partial charge in [-0.3, -0.25) is 9.59 Å². The van der Waals surface area contributed by atoms with Crippen LogP contribution in [0.2, 0.25) is 0 Å². The molecule has 0 radical (unpaired) electrons. The number of hydrogen-bond acceptors (Lipinski definition) is 6. The number of carbonyl (C=O) groups excluding carboxylic acids is 2. The van der Waals surface area contributed by atoms with Crippen molar-refractivity contribution in [3.8, 4) is 11.6 Å². The molecule has 7 nitrogen and oxygen atoms in total. The molecule has 0 spiro atoms. The van der Waals surface area contributed by atoms with Crippen molar-refractivity contribution in [2.24, 2.45) is 0 Å². The van der Waals surface area contributed by atoms with Crippen molar-refractivity contribution in [2.45, 2.75) is 13.8 Å². The molecule has 2 amide bonds. The maximum absolute atomic E-state index is 13.3. The third-order valence-electron chi connectivity index (χ3n) is 5.78. The lowest BCUT2D eigenvalue weighted by Crippen LogP contribution is -2.50. The molecule has 4 heterocycles. The first kappa shape index (κ1) is 20.4. The molecule has 1 aliphatic rings. The average molecular weight is 447 g/mol. The number of fused-ring (bicyclic) bond motifs is 1. The number of amides is 2. The van der Waals surface area contributed by atoms with E-state index in [2.05, 4.69) is 9.97 Å². The Kier molecular flexibility index (Phi) is 5.22. The van der Waals surface area contributed by atoms with Crippen LogP contribution in [0.5, 0.6) is 0 Å². The molecule has 32 heavy (non-hydrogen) atoms. The van der Waals surface area contributed by atoms with E-state index in [0.717, 1.165) is 21.5 Å². The first-order chi connectivity index (χ1) is 15.5. The van der Waals surface area contributed by atoms with E-state index in [4.69, 9.17) is 4.42 Å². The Balaban J connectivity index is 1.36. The molecule has 8 heteroatoms. The number of nitrogens with zero attached hydrogens (tertiary/aromatic N) is 4.